The number of carboxylic acids is 1. The van der Waals surface area contributed by atoms with Gasteiger partial charge in [0.2, 0.25) is 0 Å². The number of nitrogens with zero attached hydrogens (tertiary/aromatic N) is 2. The average molecular weight is 257 g/mol. The highest BCUT2D eigenvalue weighted by Crippen LogP contribution is 2.18. The number of aliphatic carboxylic acids is 1. The van der Waals surface area contributed by atoms with Gasteiger partial charge in [0.25, 0.3) is 0 Å². The van der Waals surface area contributed by atoms with Crippen LogP contribution in [0.15, 0.2) is 0 Å². The molecule has 0 bridgehead atoms. The van der Waals surface area contributed by atoms with Gasteiger partial charge in [-0.05, 0) is 33.6 Å². The zero-order chi connectivity index (χ0) is 13.9. The highest BCUT2D eigenvalue weighted by atomic mass is 16.4. The third-order valence-electron chi connectivity index (χ3n) is 3.14. The lowest BCUT2D eigenvalue weighted by atomic mass is 10.0. The van der Waals surface area contributed by atoms with E-state index < -0.39 is 11.5 Å². The molecule has 1 rings (SSSR count). The first kappa shape index (κ1) is 14.8. The maximum atomic E-state index is 12.3. The molecule has 0 aliphatic carbocycles. The number of nitrogens with two attached hydrogens (primary N) is 1. The Kier molecular flexibility index (Phi) is 4.56. The molecule has 18 heavy (non-hydrogen) atoms. The SMILES string of the molecule is CC(C)(C)N(CC(=O)O)C(=O)N1CCC(N)CC1. The van der Waals surface area contributed by atoms with Crippen molar-refractivity contribution < 1.29 is 14.7 Å². The van der Waals surface area contributed by atoms with Gasteiger partial charge in [-0.1, -0.05) is 0 Å². The number of amides is 2. The first-order valence-corrected chi connectivity index (χ1v) is 6.25. The molecule has 0 atom stereocenters. The number of hydrogen-bond acceptors (Lipinski definition) is 3. The molecule has 2 amide bonds. The van der Waals surface area contributed by atoms with Gasteiger partial charge < -0.3 is 20.6 Å². The van der Waals surface area contributed by atoms with E-state index in [1.807, 2.05) is 20.8 Å². The molecule has 6 heteroatoms. The Bertz CT molecular complexity index is 317. The molecule has 1 fully saturated rings. The summed E-state index contributed by atoms with van der Waals surface area (Å²) in [6.45, 7) is 6.44. The largest absolute Gasteiger partial charge is 0.480 e. The lowest BCUT2D eigenvalue weighted by Gasteiger charge is -2.40. The summed E-state index contributed by atoms with van der Waals surface area (Å²) in [7, 11) is 0. The van der Waals surface area contributed by atoms with E-state index in [1.54, 1.807) is 4.90 Å². The maximum Gasteiger partial charge on any atom is 0.323 e. The molecule has 0 saturated carbocycles. The van der Waals surface area contributed by atoms with Crippen LogP contribution in [-0.2, 0) is 4.79 Å². The minimum absolute atomic E-state index is 0.150. The third-order valence-corrected chi connectivity index (χ3v) is 3.14. The van der Waals surface area contributed by atoms with E-state index in [0.717, 1.165) is 12.8 Å². The molecule has 1 aliphatic heterocycles. The normalized spacial score (nSPS) is 17.7. The summed E-state index contributed by atoms with van der Waals surface area (Å²) in [6, 6.07) is -0.0617. The zero-order valence-electron chi connectivity index (χ0n) is 11.3. The van der Waals surface area contributed by atoms with Gasteiger partial charge in [-0.25, -0.2) is 4.79 Å². The van der Waals surface area contributed by atoms with Crippen LogP contribution in [-0.4, -0.2) is 58.1 Å². The Balaban J connectivity index is 2.73. The summed E-state index contributed by atoms with van der Waals surface area (Å²) in [5.74, 6) is -0.994. The van der Waals surface area contributed by atoms with Crippen molar-refractivity contribution in [2.24, 2.45) is 5.73 Å². The Morgan fingerprint density at radius 3 is 2.22 bits per heavy atom. The molecule has 0 aromatic rings. The van der Waals surface area contributed by atoms with Gasteiger partial charge in [-0.2, -0.15) is 0 Å². The van der Waals surface area contributed by atoms with E-state index in [0.29, 0.717) is 13.1 Å². The number of piperidine rings is 1. The van der Waals surface area contributed by atoms with Gasteiger partial charge >= 0.3 is 12.0 Å². The molecule has 104 valence electrons. The van der Waals surface area contributed by atoms with E-state index in [9.17, 15) is 9.59 Å². The number of carboxylic acid groups (broad SMARTS) is 1. The highest BCUT2D eigenvalue weighted by molar-refractivity contribution is 5.81. The van der Waals surface area contributed by atoms with Gasteiger partial charge in [0.1, 0.15) is 6.54 Å². The number of hydrogen-bond donors (Lipinski definition) is 2. The summed E-state index contributed by atoms with van der Waals surface area (Å²) in [5.41, 5.74) is 5.29. The van der Waals surface area contributed by atoms with Crippen LogP contribution in [0.3, 0.4) is 0 Å². The van der Waals surface area contributed by atoms with Crippen LogP contribution >= 0.6 is 0 Å². The molecule has 1 saturated heterocycles. The molecule has 1 aliphatic rings. The first-order valence-electron chi connectivity index (χ1n) is 6.25. The van der Waals surface area contributed by atoms with E-state index in [2.05, 4.69) is 0 Å². The molecule has 0 radical (unpaired) electrons. The van der Waals surface area contributed by atoms with Crippen molar-refractivity contribution in [1.82, 2.24) is 9.80 Å². The molecule has 0 spiro atoms. The van der Waals surface area contributed by atoms with Crippen molar-refractivity contribution in [2.75, 3.05) is 19.6 Å². The van der Waals surface area contributed by atoms with Gasteiger partial charge in [-0.15, -0.1) is 0 Å². The van der Waals surface area contributed by atoms with Gasteiger partial charge in [0.15, 0.2) is 0 Å². The molecule has 1 heterocycles. The third kappa shape index (κ3) is 3.87. The van der Waals surface area contributed by atoms with Gasteiger partial charge in [-0.3, -0.25) is 4.79 Å². The van der Waals surface area contributed by atoms with Crippen LogP contribution in [0.1, 0.15) is 33.6 Å². The van der Waals surface area contributed by atoms with E-state index in [-0.39, 0.29) is 18.6 Å². The van der Waals surface area contributed by atoms with Crippen molar-refractivity contribution in [2.45, 2.75) is 45.2 Å². The fourth-order valence-corrected chi connectivity index (χ4v) is 1.99. The quantitative estimate of drug-likeness (QED) is 0.763. The predicted molar refractivity (Wildman–Crippen MR) is 68.3 cm³/mol. The Hall–Kier alpha value is -1.30. The lowest BCUT2D eigenvalue weighted by Crippen LogP contribution is -2.55. The zero-order valence-corrected chi connectivity index (χ0v) is 11.3. The fraction of sp³-hybridized carbons (Fsp3) is 0.833. The predicted octanol–water partition coefficient (Wildman–Crippen LogP) is 0.715. The molecule has 0 aromatic heterocycles. The van der Waals surface area contributed by atoms with Gasteiger partial charge in [0.05, 0.1) is 0 Å². The Morgan fingerprint density at radius 1 is 1.33 bits per heavy atom. The van der Waals surface area contributed by atoms with Crippen LogP contribution < -0.4 is 5.73 Å². The van der Waals surface area contributed by atoms with E-state index in [1.165, 1.54) is 4.90 Å². The van der Waals surface area contributed by atoms with E-state index >= 15 is 0 Å². The van der Waals surface area contributed by atoms with Crippen molar-refractivity contribution in [3.8, 4) is 0 Å². The smallest absolute Gasteiger partial charge is 0.323 e. The van der Waals surface area contributed by atoms with Crippen LogP contribution in [0, 0.1) is 0 Å². The first-order chi connectivity index (χ1) is 8.21. The summed E-state index contributed by atoms with van der Waals surface area (Å²) >= 11 is 0. The second kappa shape index (κ2) is 5.56. The van der Waals surface area contributed by atoms with Crippen LogP contribution in [0.2, 0.25) is 0 Å². The summed E-state index contributed by atoms with van der Waals surface area (Å²) in [4.78, 5) is 26.3. The van der Waals surface area contributed by atoms with Crippen molar-refractivity contribution in [3.63, 3.8) is 0 Å². The van der Waals surface area contributed by atoms with E-state index in [4.69, 9.17) is 10.8 Å². The summed E-state index contributed by atoms with van der Waals surface area (Å²) in [6.07, 6.45) is 1.55. The second-order valence-electron chi connectivity index (χ2n) is 5.76. The summed E-state index contributed by atoms with van der Waals surface area (Å²) < 4.78 is 0. The number of likely N-dealkylation sites (tertiary alicyclic amines) is 1. The Morgan fingerprint density at radius 2 is 1.83 bits per heavy atom. The highest BCUT2D eigenvalue weighted by Gasteiger charge is 2.32. The number of carbonyl (C=O) groups is 2. The number of carbonyl (C=O) groups excluding carboxylic acids is 1. The fourth-order valence-electron chi connectivity index (χ4n) is 1.99. The summed E-state index contributed by atoms with van der Waals surface area (Å²) in [5, 5.41) is 8.90. The Labute approximate surface area is 108 Å². The van der Waals surface area contributed by atoms with Crippen LogP contribution in [0.25, 0.3) is 0 Å². The standard InChI is InChI=1S/C12H23N3O3/c1-12(2,3)15(8-10(16)17)11(18)14-6-4-9(13)5-7-14/h9H,4-8,13H2,1-3H3,(H,16,17). The topological polar surface area (TPSA) is 86.9 Å². The monoisotopic (exact) mass is 257 g/mol. The minimum Gasteiger partial charge on any atom is -0.480 e. The molecule has 0 unspecified atom stereocenters. The number of urea groups is 1. The van der Waals surface area contributed by atoms with Crippen LogP contribution in [0.4, 0.5) is 4.79 Å². The second-order valence-corrected chi connectivity index (χ2v) is 5.76. The van der Waals surface area contributed by atoms with Crippen molar-refractivity contribution in [3.05, 3.63) is 0 Å². The molecule has 3 N–H and O–H groups in total. The number of rotatable bonds is 2. The van der Waals surface area contributed by atoms with Gasteiger partial charge in [0, 0.05) is 24.7 Å². The molecular formula is C12H23N3O3. The average Bonchev–Trinajstić information content (AvgIpc) is 2.24. The molecule has 0 aromatic carbocycles. The van der Waals surface area contributed by atoms with Crippen molar-refractivity contribution in [1.29, 1.82) is 0 Å². The van der Waals surface area contributed by atoms with Crippen LogP contribution in [0.5, 0.6) is 0 Å². The van der Waals surface area contributed by atoms with Crippen molar-refractivity contribution >= 4 is 12.0 Å². The minimum atomic E-state index is -0.994. The molecular weight excluding hydrogens is 234 g/mol. The molecule has 6 nitrogen and oxygen atoms in total. The lowest BCUT2D eigenvalue weighted by molar-refractivity contribution is -0.138. The maximum absolute atomic E-state index is 12.3.